The number of hydrogen-bond donors (Lipinski definition) is 1. The number of nitrogens with zero attached hydrogens (tertiary/aromatic N) is 3. The summed E-state index contributed by atoms with van der Waals surface area (Å²) in [5.74, 6) is 1.09. The number of likely N-dealkylation sites (N-methyl/N-ethyl adjacent to an activating group) is 1. The van der Waals surface area contributed by atoms with Gasteiger partial charge in [0, 0.05) is 30.1 Å². The molecule has 1 N–H and O–H groups in total. The summed E-state index contributed by atoms with van der Waals surface area (Å²) in [6.07, 6.45) is 12.4. The lowest BCUT2D eigenvalue weighted by atomic mass is 9.87. The number of para-hydroxylation sites is 1. The van der Waals surface area contributed by atoms with Gasteiger partial charge in [0.25, 0.3) is 0 Å². The molecule has 3 aliphatic rings. The van der Waals surface area contributed by atoms with Gasteiger partial charge in [-0.15, -0.1) is 12.4 Å². The lowest BCUT2D eigenvalue weighted by Gasteiger charge is -2.35. The van der Waals surface area contributed by atoms with Gasteiger partial charge in [-0.25, -0.2) is 4.99 Å². The molecule has 0 saturated carbocycles. The standard InChI is InChI=1S/C23H22N4.ClH/c1-16-14-18-7-5-13-24-23(18)21(15-16)27(2)22(26-23)12-11-19-10-9-17-6-3-4-8-20(17)25-19;/h3-10,13-15,24H,11-12H2,1-2H3;1H. The maximum Gasteiger partial charge on any atom is 0.198 e. The van der Waals surface area contributed by atoms with Crippen LogP contribution in [0.3, 0.4) is 0 Å². The number of allylic oxidation sites excluding steroid dienone is 4. The van der Waals surface area contributed by atoms with Gasteiger partial charge in [0.1, 0.15) is 5.84 Å². The van der Waals surface area contributed by atoms with Crippen LogP contribution in [0.5, 0.6) is 0 Å². The first-order valence-corrected chi connectivity index (χ1v) is 9.38. The monoisotopic (exact) mass is 390 g/mol. The van der Waals surface area contributed by atoms with Gasteiger partial charge in [-0.1, -0.05) is 36.4 Å². The van der Waals surface area contributed by atoms with Crippen LogP contribution >= 0.6 is 12.4 Å². The fourth-order valence-electron chi connectivity index (χ4n) is 4.12. The Kier molecular flexibility index (Phi) is 4.60. The van der Waals surface area contributed by atoms with Crippen molar-refractivity contribution in [1.29, 1.82) is 0 Å². The predicted octanol–water partition coefficient (Wildman–Crippen LogP) is 4.52. The topological polar surface area (TPSA) is 40.5 Å². The zero-order valence-corrected chi connectivity index (χ0v) is 16.8. The number of fused-ring (bicyclic) bond motifs is 1. The first kappa shape index (κ1) is 18.5. The number of hydrogen-bond acceptors (Lipinski definition) is 4. The molecule has 1 aromatic heterocycles. The zero-order valence-electron chi connectivity index (χ0n) is 16.0. The maximum atomic E-state index is 5.13. The zero-order chi connectivity index (χ0) is 18.4. The SMILES string of the molecule is CC1=CC2=CC=CNC23N=C(CCc2ccc4ccccc4n2)N(C)C3=C1.Cl. The van der Waals surface area contributed by atoms with Crippen LogP contribution in [-0.4, -0.2) is 28.4 Å². The molecule has 142 valence electrons. The van der Waals surface area contributed by atoms with Gasteiger partial charge < -0.3 is 10.2 Å². The number of pyridine rings is 1. The Morgan fingerprint density at radius 2 is 1.93 bits per heavy atom. The van der Waals surface area contributed by atoms with Crippen LogP contribution < -0.4 is 5.32 Å². The summed E-state index contributed by atoms with van der Waals surface area (Å²) in [5.41, 5.74) is 5.34. The Balaban J connectivity index is 0.00000192. The van der Waals surface area contributed by atoms with Crippen LogP contribution in [0.25, 0.3) is 10.9 Å². The lowest BCUT2D eigenvalue weighted by molar-refractivity contribution is 0.469. The van der Waals surface area contributed by atoms with E-state index in [0.29, 0.717) is 0 Å². The molecule has 3 heterocycles. The Morgan fingerprint density at radius 1 is 1.07 bits per heavy atom. The second-order valence-electron chi connectivity index (χ2n) is 7.34. The smallest absolute Gasteiger partial charge is 0.198 e. The first-order valence-electron chi connectivity index (χ1n) is 9.38. The van der Waals surface area contributed by atoms with E-state index < -0.39 is 5.66 Å². The second-order valence-corrected chi connectivity index (χ2v) is 7.34. The molecule has 1 spiro atoms. The number of aliphatic imine (C=N–C) groups is 1. The quantitative estimate of drug-likeness (QED) is 0.837. The number of nitrogens with one attached hydrogen (secondary N) is 1. The predicted molar refractivity (Wildman–Crippen MR) is 117 cm³/mol. The Bertz CT molecular complexity index is 1090. The fraction of sp³-hybridized carbons (Fsp3) is 0.217. The molecule has 5 heteroatoms. The average Bonchev–Trinajstić information content (AvgIpc) is 2.96. The lowest BCUT2D eigenvalue weighted by Crippen LogP contribution is -2.46. The molecule has 2 aliphatic heterocycles. The van der Waals surface area contributed by atoms with Gasteiger partial charge in [-0.05, 0) is 49.4 Å². The highest BCUT2D eigenvalue weighted by Crippen LogP contribution is 2.41. The number of halogens is 1. The van der Waals surface area contributed by atoms with Crippen molar-refractivity contribution < 1.29 is 0 Å². The summed E-state index contributed by atoms with van der Waals surface area (Å²) >= 11 is 0. The van der Waals surface area contributed by atoms with E-state index in [0.717, 1.165) is 29.9 Å². The summed E-state index contributed by atoms with van der Waals surface area (Å²) in [4.78, 5) is 12.2. The highest BCUT2D eigenvalue weighted by Gasteiger charge is 2.46. The van der Waals surface area contributed by atoms with Gasteiger partial charge >= 0.3 is 0 Å². The number of aromatic nitrogens is 1. The van der Waals surface area contributed by atoms with Crippen molar-refractivity contribution in [3.05, 3.63) is 89.4 Å². The van der Waals surface area contributed by atoms with E-state index in [-0.39, 0.29) is 12.4 Å². The molecule has 0 radical (unpaired) electrons. The molecular weight excluding hydrogens is 368 g/mol. The van der Waals surface area contributed by atoms with Gasteiger partial charge in [0.15, 0.2) is 5.66 Å². The Hall–Kier alpha value is -2.85. The summed E-state index contributed by atoms with van der Waals surface area (Å²) in [5, 5.41) is 4.67. The molecule has 1 aromatic carbocycles. The van der Waals surface area contributed by atoms with Crippen molar-refractivity contribution in [2.24, 2.45) is 4.99 Å². The minimum atomic E-state index is -0.463. The third kappa shape index (κ3) is 2.85. The molecule has 4 nitrogen and oxygen atoms in total. The Morgan fingerprint density at radius 3 is 2.82 bits per heavy atom. The number of amidine groups is 1. The average molecular weight is 391 g/mol. The van der Waals surface area contributed by atoms with E-state index in [1.165, 1.54) is 22.2 Å². The van der Waals surface area contributed by atoms with Gasteiger partial charge in [0.05, 0.1) is 11.2 Å². The second kappa shape index (κ2) is 6.95. The molecule has 5 rings (SSSR count). The van der Waals surface area contributed by atoms with Crippen LogP contribution in [0.15, 0.2) is 88.7 Å². The van der Waals surface area contributed by atoms with Gasteiger partial charge in [-0.2, -0.15) is 0 Å². The van der Waals surface area contributed by atoms with Crippen LogP contribution in [0, 0.1) is 0 Å². The van der Waals surface area contributed by atoms with Gasteiger partial charge in [0.2, 0.25) is 0 Å². The van der Waals surface area contributed by atoms with Crippen LogP contribution in [0.2, 0.25) is 0 Å². The van der Waals surface area contributed by atoms with Crippen molar-refractivity contribution in [3.63, 3.8) is 0 Å². The third-order valence-electron chi connectivity index (χ3n) is 5.51. The van der Waals surface area contributed by atoms with Crippen molar-refractivity contribution in [2.75, 3.05) is 7.05 Å². The normalized spacial score (nSPS) is 22.3. The highest BCUT2D eigenvalue weighted by molar-refractivity contribution is 5.89. The molecule has 1 aliphatic carbocycles. The summed E-state index contributed by atoms with van der Waals surface area (Å²) in [7, 11) is 2.11. The molecule has 1 atom stereocenters. The summed E-state index contributed by atoms with van der Waals surface area (Å²) < 4.78 is 0. The largest absolute Gasteiger partial charge is 0.359 e. The Labute approximate surface area is 171 Å². The van der Waals surface area contributed by atoms with Crippen LogP contribution in [0.4, 0.5) is 0 Å². The van der Waals surface area contributed by atoms with E-state index in [2.05, 4.69) is 66.7 Å². The molecular formula is C23H23ClN4. The summed E-state index contributed by atoms with van der Waals surface area (Å²) in [6.45, 7) is 2.14. The van der Waals surface area contributed by atoms with Crippen molar-refractivity contribution in [2.45, 2.75) is 25.4 Å². The van der Waals surface area contributed by atoms with Crippen LogP contribution in [-0.2, 0) is 6.42 Å². The van der Waals surface area contributed by atoms with Crippen LogP contribution in [0.1, 0.15) is 19.0 Å². The molecule has 1 unspecified atom stereocenters. The minimum absolute atomic E-state index is 0. The van der Waals surface area contributed by atoms with E-state index in [1.807, 2.05) is 24.4 Å². The van der Waals surface area contributed by atoms with E-state index in [4.69, 9.17) is 9.98 Å². The molecule has 0 fully saturated rings. The first-order chi connectivity index (χ1) is 13.2. The molecule has 0 amide bonds. The number of dihydropyridines is 1. The van der Waals surface area contributed by atoms with Crippen molar-refractivity contribution in [3.8, 4) is 0 Å². The van der Waals surface area contributed by atoms with Crippen molar-refractivity contribution >= 4 is 29.1 Å². The van der Waals surface area contributed by atoms with E-state index >= 15 is 0 Å². The molecule has 2 aromatic rings. The highest BCUT2D eigenvalue weighted by atomic mass is 35.5. The number of rotatable bonds is 3. The minimum Gasteiger partial charge on any atom is -0.359 e. The van der Waals surface area contributed by atoms with Crippen molar-refractivity contribution in [1.82, 2.24) is 15.2 Å². The fourth-order valence-corrected chi connectivity index (χ4v) is 4.12. The van der Waals surface area contributed by atoms with E-state index in [1.54, 1.807) is 0 Å². The number of benzene rings is 1. The van der Waals surface area contributed by atoms with Gasteiger partial charge in [-0.3, -0.25) is 4.98 Å². The summed E-state index contributed by atoms with van der Waals surface area (Å²) in [6, 6.07) is 12.5. The van der Waals surface area contributed by atoms with E-state index in [9.17, 15) is 0 Å². The maximum absolute atomic E-state index is 5.13. The molecule has 0 saturated heterocycles. The molecule has 28 heavy (non-hydrogen) atoms. The number of aryl methyl sites for hydroxylation is 1. The molecule has 0 bridgehead atoms. The third-order valence-corrected chi connectivity index (χ3v) is 5.51.